The Labute approximate surface area is 303 Å². The molecule has 286 valence electrons. The fourth-order valence-corrected chi connectivity index (χ4v) is 6.16. The van der Waals surface area contributed by atoms with Crippen molar-refractivity contribution < 1.29 is 19.1 Å². The number of allylic oxidation sites excluding steroid dienone is 4. The number of esters is 1. The second kappa shape index (κ2) is 38.7. The Morgan fingerprint density at radius 3 is 1.31 bits per heavy atom. The molecule has 2 amide bonds. The summed E-state index contributed by atoms with van der Waals surface area (Å²) in [5, 5.41) is 5.88. The van der Waals surface area contributed by atoms with Crippen molar-refractivity contribution in [1.82, 2.24) is 10.6 Å². The maximum Gasteiger partial charge on any atom is 0.328 e. The molecule has 0 spiro atoms. The first kappa shape index (κ1) is 46.9. The Hall–Kier alpha value is -2.11. The van der Waals surface area contributed by atoms with Crippen molar-refractivity contribution >= 4 is 17.8 Å². The van der Waals surface area contributed by atoms with Crippen LogP contribution in [0.4, 0.5) is 0 Å². The summed E-state index contributed by atoms with van der Waals surface area (Å²) >= 11 is 0. The fraction of sp³-hybridized carbons (Fsp3) is 0.837. The van der Waals surface area contributed by atoms with Crippen LogP contribution in [-0.2, 0) is 19.1 Å². The highest BCUT2D eigenvalue weighted by Gasteiger charge is 2.20. The van der Waals surface area contributed by atoms with E-state index in [-0.39, 0.29) is 11.8 Å². The predicted octanol–water partition coefficient (Wildman–Crippen LogP) is 12.0. The number of hydrogen-bond acceptors (Lipinski definition) is 4. The van der Waals surface area contributed by atoms with Crippen LogP contribution in [-0.4, -0.2) is 37.5 Å². The third-order valence-corrected chi connectivity index (χ3v) is 9.39. The summed E-state index contributed by atoms with van der Waals surface area (Å²) in [7, 11) is 1.36. The Morgan fingerprint density at radius 1 is 0.490 bits per heavy atom. The molecule has 0 aromatic heterocycles. The lowest BCUT2D eigenvalue weighted by Crippen LogP contribution is -2.41. The summed E-state index contributed by atoms with van der Waals surface area (Å²) < 4.78 is 4.93. The smallest absolute Gasteiger partial charge is 0.328 e. The summed E-state index contributed by atoms with van der Waals surface area (Å²) in [6.07, 6.45) is 44.6. The van der Waals surface area contributed by atoms with Crippen LogP contribution in [0.25, 0.3) is 0 Å². The number of ether oxygens (including phenoxy) is 1. The molecule has 0 saturated carbocycles. The SMILES string of the molecule is CCCCCCCCC=CCCCCCCCC(=O)NCCCCC(NC(=O)CCCCCCCC=CCCCCCCCC)C(=O)OC. The van der Waals surface area contributed by atoms with E-state index < -0.39 is 12.0 Å². The summed E-state index contributed by atoms with van der Waals surface area (Å²) in [4.78, 5) is 36.9. The molecule has 0 aromatic rings. The lowest BCUT2D eigenvalue weighted by Gasteiger charge is -2.16. The zero-order valence-corrected chi connectivity index (χ0v) is 32.6. The van der Waals surface area contributed by atoms with E-state index >= 15 is 0 Å². The Kier molecular flexibility index (Phi) is 37.0. The molecule has 49 heavy (non-hydrogen) atoms. The van der Waals surface area contributed by atoms with Gasteiger partial charge in [0.2, 0.25) is 11.8 Å². The van der Waals surface area contributed by atoms with Crippen LogP contribution in [0.1, 0.15) is 213 Å². The van der Waals surface area contributed by atoms with Gasteiger partial charge in [0.25, 0.3) is 0 Å². The van der Waals surface area contributed by atoms with E-state index in [0.717, 1.165) is 51.4 Å². The van der Waals surface area contributed by atoms with Crippen LogP contribution >= 0.6 is 0 Å². The number of nitrogens with one attached hydrogen (secondary N) is 2. The second-order valence-corrected chi connectivity index (χ2v) is 14.2. The molecule has 0 aliphatic heterocycles. The molecule has 1 atom stereocenters. The van der Waals surface area contributed by atoms with Crippen LogP contribution in [0, 0.1) is 0 Å². The molecule has 6 nitrogen and oxygen atoms in total. The van der Waals surface area contributed by atoms with Gasteiger partial charge in [-0.15, -0.1) is 0 Å². The number of hydrogen-bond donors (Lipinski definition) is 2. The van der Waals surface area contributed by atoms with E-state index in [9.17, 15) is 14.4 Å². The summed E-state index contributed by atoms with van der Waals surface area (Å²) in [6.45, 7) is 5.12. The highest BCUT2D eigenvalue weighted by Crippen LogP contribution is 2.12. The first-order valence-corrected chi connectivity index (χ1v) is 21.0. The highest BCUT2D eigenvalue weighted by atomic mass is 16.5. The molecule has 1 unspecified atom stereocenters. The van der Waals surface area contributed by atoms with Gasteiger partial charge in [-0.2, -0.15) is 0 Å². The molecule has 0 bridgehead atoms. The van der Waals surface area contributed by atoms with Crippen LogP contribution in [0.3, 0.4) is 0 Å². The van der Waals surface area contributed by atoms with Crippen LogP contribution in [0.2, 0.25) is 0 Å². The van der Waals surface area contributed by atoms with Gasteiger partial charge in [0, 0.05) is 19.4 Å². The molecule has 6 heteroatoms. The van der Waals surface area contributed by atoms with Gasteiger partial charge in [-0.25, -0.2) is 4.79 Å². The lowest BCUT2D eigenvalue weighted by molar-refractivity contribution is -0.145. The molecular formula is C43H80N2O4. The molecule has 0 heterocycles. The van der Waals surface area contributed by atoms with Crippen molar-refractivity contribution in [2.45, 2.75) is 219 Å². The third-order valence-electron chi connectivity index (χ3n) is 9.39. The van der Waals surface area contributed by atoms with Gasteiger partial charge in [-0.05, 0) is 83.5 Å². The normalized spacial score (nSPS) is 12.1. The van der Waals surface area contributed by atoms with Crippen molar-refractivity contribution in [2.75, 3.05) is 13.7 Å². The molecule has 0 rings (SSSR count). The number of rotatable bonds is 37. The van der Waals surface area contributed by atoms with Crippen molar-refractivity contribution in [2.24, 2.45) is 0 Å². The van der Waals surface area contributed by atoms with E-state index in [4.69, 9.17) is 4.74 Å². The van der Waals surface area contributed by atoms with Gasteiger partial charge in [-0.3, -0.25) is 9.59 Å². The summed E-state index contributed by atoms with van der Waals surface area (Å²) in [6, 6.07) is -0.618. The van der Waals surface area contributed by atoms with Gasteiger partial charge in [0.1, 0.15) is 6.04 Å². The number of unbranched alkanes of at least 4 members (excludes halogenated alkanes) is 23. The number of carbonyl (C=O) groups is 3. The quantitative estimate of drug-likeness (QED) is 0.0386. The van der Waals surface area contributed by atoms with Gasteiger partial charge >= 0.3 is 5.97 Å². The second-order valence-electron chi connectivity index (χ2n) is 14.2. The van der Waals surface area contributed by atoms with Gasteiger partial charge in [-0.1, -0.05) is 141 Å². The number of amides is 2. The third kappa shape index (κ3) is 35.5. The number of carbonyl (C=O) groups excluding carboxylic acids is 3. The Bertz CT molecular complexity index is 810. The van der Waals surface area contributed by atoms with Crippen LogP contribution < -0.4 is 10.6 Å². The van der Waals surface area contributed by atoms with Crippen molar-refractivity contribution in [3.63, 3.8) is 0 Å². The highest BCUT2D eigenvalue weighted by molar-refractivity contribution is 5.84. The average Bonchev–Trinajstić information content (AvgIpc) is 3.10. The minimum Gasteiger partial charge on any atom is -0.467 e. The largest absolute Gasteiger partial charge is 0.467 e. The molecule has 0 radical (unpaired) electrons. The minimum absolute atomic E-state index is 0.0821. The molecule has 0 saturated heterocycles. The molecule has 2 N–H and O–H groups in total. The maximum atomic E-state index is 12.5. The monoisotopic (exact) mass is 689 g/mol. The fourth-order valence-electron chi connectivity index (χ4n) is 6.16. The topological polar surface area (TPSA) is 84.5 Å². The van der Waals surface area contributed by atoms with E-state index in [1.54, 1.807) is 0 Å². The standard InChI is InChI=1S/C43H80N2O4/c1-4-6-8-10-12-14-16-18-20-22-24-26-28-30-32-37-41(46)44-39-35-34-36-40(43(48)49-3)45-42(47)38-33-31-29-27-25-23-21-19-17-15-13-11-9-7-5-2/h18-21,40H,4-17,22-39H2,1-3H3,(H,44,46)(H,45,47). The van der Waals surface area contributed by atoms with Crippen molar-refractivity contribution in [3.8, 4) is 0 Å². The Morgan fingerprint density at radius 2 is 0.878 bits per heavy atom. The van der Waals surface area contributed by atoms with Crippen molar-refractivity contribution in [3.05, 3.63) is 24.3 Å². The first-order valence-electron chi connectivity index (χ1n) is 21.0. The van der Waals surface area contributed by atoms with E-state index in [1.807, 2.05) is 0 Å². The van der Waals surface area contributed by atoms with Crippen molar-refractivity contribution in [1.29, 1.82) is 0 Å². The molecule has 0 aliphatic carbocycles. The van der Waals surface area contributed by atoms with Gasteiger partial charge < -0.3 is 15.4 Å². The molecular weight excluding hydrogens is 608 g/mol. The van der Waals surface area contributed by atoms with E-state index in [1.165, 1.54) is 136 Å². The maximum absolute atomic E-state index is 12.5. The average molecular weight is 689 g/mol. The summed E-state index contributed by atoms with van der Waals surface area (Å²) in [5.41, 5.74) is 0. The zero-order valence-electron chi connectivity index (χ0n) is 32.6. The molecule has 0 fully saturated rings. The van der Waals surface area contributed by atoms with Crippen LogP contribution in [0.15, 0.2) is 24.3 Å². The first-order chi connectivity index (χ1) is 24.0. The van der Waals surface area contributed by atoms with E-state index in [0.29, 0.717) is 25.8 Å². The minimum atomic E-state index is -0.618. The Balaban J connectivity index is 3.74. The number of methoxy groups -OCH3 is 1. The van der Waals surface area contributed by atoms with Gasteiger partial charge in [0.15, 0.2) is 0 Å². The van der Waals surface area contributed by atoms with E-state index in [2.05, 4.69) is 48.8 Å². The lowest BCUT2D eigenvalue weighted by atomic mass is 10.1. The van der Waals surface area contributed by atoms with Gasteiger partial charge in [0.05, 0.1) is 7.11 Å². The molecule has 0 aromatic carbocycles. The van der Waals surface area contributed by atoms with Crippen LogP contribution in [0.5, 0.6) is 0 Å². The zero-order chi connectivity index (χ0) is 35.9. The summed E-state index contributed by atoms with van der Waals surface area (Å²) in [5.74, 6) is -0.372. The molecule has 0 aliphatic rings. The predicted molar refractivity (Wildman–Crippen MR) is 210 cm³/mol.